The Labute approximate surface area is 299 Å². The standard InChI is InChI=1S/C34H32ClF3N8O6/c1-19-4-3-5-24(16-19)40-28(49)27(48)39-17-25(29(50)51-2)42-26(47)20-6-12-23(13-7-20)41-30-43-31(45-32(44-30)52-18-34(36,37)38)46-33(14-15-33)21-8-10-22(35)11-9-21/h3-13,16,25H,14-15,17-18H2,1-2H3,(H,39,48)(H,40,49)(H,42,47)(H2,41,43,44,45,46)/t25-/m0/s1. The lowest BCUT2D eigenvalue weighted by atomic mass is 10.1. The summed E-state index contributed by atoms with van der Waals surface area (Å²) < 4.78 is 48.4. The van der Waals surface area contributed by atoms with Crippen LogP contribution in [-0.2, 0) is 24.7 Å². The highest BCUT2D eigenvalue weighted by atomic mass is 35.5. The van der Waals surface area contributed by atoms with E-state index in [1.807, 2.05) is 25.1 Å². The predicted octanol–water partition coefficient (Wildman–Crippen LogP) is 4.65. The van der Waals surface area contributed by atoms with Gasteiger partial charge >= 0.3 is 30.0 Å². The number of hydrogen-bond donors (Lipinski definition) is 5. The van der Waals surface area contributed by atoms with E-state index in [0.717, 1.165) is 18.2 Å². The van der Waals surface area contributed by atoms with Crippen LogP contribution in [0, 0.1) is 6.92 Å². The number of esters is 1. The van der Waals surface area contributed by atoms with Gasteiger partial charge in [0, 0.05) is 28.5 Å². The zero-order valence-corrected chi connectivity index (χ0v) is 28.4. The lowest BCUT2D eigenvalue weighted by Gasteiger charge is -2.19. The van der Waals surface area contributed by atoms with Crippen molar-refractivity contribution < 1.29 is 41.8 Å². The number of aromatic nitrogens is 3. The number of amides is 3. The summed E-state index contributed by atoms with van der Waals surface area (Å²) in [6.07, 6.45) is -3.23. The predicted molar refractivity (Wildman–Crippen MR) is 183 cm³/mol. The number of aryl methyl sites for hydroxylation is 1. The normalized spacial score (nSPS) is 13.6. The van der Waals surface area contributed by atoms with Gasteiger partial charge in [-0.05, 0) is 79.4 Å². The van der Waals surface area contributed by atoms with Gasteiger partial charge in [0.2, 0.25) is 11.9 Å². The van der Waals surface area contributed by atoms with Crippen molar-refractivity contribution >= 4 is 58.6 Å². The molecule has 4 aromatic rings. The van der Waals surface area contributed by atoms with Crippen LogP contribution in [0.2, 0.25) is 5.02 Å². The molecule has 0 radical (unpaired) electrons. The molecule has 0 unspecified atom stereocenters. The van der Waals surface area contributed by atoms with Crippen LogP contribution >= 0.6 is 11.6 Å². The van der Waals surface area contributed by atoms with E-state index in [-0.39, 0.29) is 17.5 Å². The Morgan fingerprint density at radius 1 is 0.904 bits per heavy atom. The minimum absolute atomic E-state index is 0.0355. The molecule has 3 aromatic carbocycles. The van der Waals surface area contributed by atoms with Crippen molar-refractivity contribution in [1.82, 2.24) is 25.6 Å². The molecular formula is C34H32ClF3N8O6. The van der Waals surface area contributed by atoms with E-state index in [9.17, 15) is 32.3 Å². The van der Waals surface area contributed by atoms with E-state index in [4.69, 9.17) is 21.1 Å². The van der Waals surface area contributed by atoms with E-state index in [1.54, 1.807) is 30.3 Å². The number of nitrogens with one attached hydrogen (secondary N) is 5. The first-order valence-corrected chi connectivity index (χ1v) is 16.0. The highest BCUT2D eigenvalue weighted by molar-refractivity contribution is 6.39. The lowest BCUT2D eigenvalue weighted by Crippen LogP contribution is -2.50. The van der Waals surface area contributed by atoms with E-state index < -0.39 is 60.6 Å². The molecule has 0 aliphatic heterocycles. The number of carbonyl (C=O) groups is 4. The van der Waals surface area contributed by atoms with Gasteiger partial charge in [-0.15, -0.1) is 0 Å². The number of benzene rings is 3. The average Bonchev–Trinajstić information content (AvgIpc) is 3.89. The van der Waals surface area contributed by atoms with Crippen molar-refractivity contribution in [1.29, 1.82) is 0 Å². The molecule has 18 heteroatoms. The summed E-state index contributed by atoms with van der Waals surface area (Å²) in [4.78, 5) is 62.4. The first kappa shape index (κ1) is 37.3. The number of methoxy groups -OCH3 is 1. The highest BCUT2D eigenvalue weighted by Crippen LogP contribution is 2.48. The summed E-state index contributed by atoms with van der Waals surface area (Å²) >= 11 is 6.02. The van der Waals surface area contributed by atoms with Gasteiger partial charge in [0.15, 0.2) is 6.61 Å². The van der Waals surface area contributed by atoms with Gasteiger partial charge in [-0.25, -0.2) is 4.79 Å². The van der Waals surface area contributed by atoms with Crippen LogP contribution in [0.3, 0.4) is 0 Å². The van der Waals surface area contributed by atoms with E-state index >= 15 is 0 Å². The summed E-state index contributed by atoms with van der Waals surface area (Å²) in [6, 6.07) is 17.7. The summed E-state index contributed by atoms with van der Waals surface area (Å²) in [7, 11) is 1.10. The molecular weight excluding hydrogens is 709 g/mol. The molecule has 5 N–H and O–H groups in total. The van der Waals surface area contributed by atoms with Crippen molar-refractivity contribution in [2.24, 2.45) is 0 Å². The maximum absolute atomic E-state index is 13.0. The second kappa shape index (κ2) is 15.9. The van der Waals surface area contributed by atoms with Crippen molar-refractivity contribution in [3.63, 3.8) is 0 Å². The molecule has 0 bridgehead atoms. The molecule has 52 heavy (non-hydrogen) atoms. The molecule has 1 aromatic heterocycles. The van der Waals surface area contributed by atoms with Gasteiger partial charge in [0.25, 0.3) is 5.91 Å². The van der Waals surface area contributed by atoms with Gasteiger partial charge in [-0.2, -0.15) is 28.1 Å². The lowest BCUT2D eigenvalue weighted by molar-refractivity contribution is -0.154. The van der Waals surface area contributed by atoms with Crippen LogP contribution in [0.4, 0.5) is 36.4 Å². The van der Waals surface area contributed by atoms with Crippen molar-refractivity contribution in [3.8, 4) is 6.01 Å². The van der Waals surface area contributed by atoms with Crippen molar-refractivity contribution in [3.05, 3.63) is 94.5 Å². The third-order valence-corrected chi connectivity index (χ3v) is 7.87. The number of alkyl halides is 3. The fraction of sp³-hybridized carbons (Fsp3) is 0.265. The second-order valence-corrected chi connectivity index (χ2v) is 12.1. The third-order valence-electron chi connectivity index (χ3n) is 7.62. The monoisotopic (exact) mass is 740 g/mol. The molecule has 1 fully saturated rings. The summed E-state index contributed by atoms with van der Waals surface area (Å²) in [6.45, 7) is -0.263. The number of carbonyl (C=O) groups excluding carboxylic acids is 4. The smallest absolute Gasteiger partial charge is 0.422 e. The Morgan fingerprint density at radius 2 is 1.60 bits per heavy atom. The van der Waals surface area contributed by atoms with Crippen LogP contribution in [0.1, 0.15) is 34.3 Å². The minimum Gasteiger partial charge on any atom is -0.467 e. The van der Waals surface area contributed by atoms with Crippen LogP contribution in [-0.4, -0.2) is 71.1 Å². The Morgan fingerprint density at radius 3 is 2.23 bits per heavy atom. The van der Waals surface area contributed by atoms with Gasteiger partial charge in [0.05, 0.1) is 12.6 Å². The van der Waals surface area contributed by atoms with Gasteiger partial charge < -0.3 is 36.1 Å². The van der Waals surface area contributed by atoms with Gasteiger partial charge in [-0.1, -0.05) is 35.9 Å². The molecule has 1 heterocycles. The minimum atomic E-state index is -4.64. The molecule has 1 aliphatic rings. The van der Waals surface area contributed by atoms with Crippen LogP contribution in [0.5, 0.6) is 6.01 Å². The highest BCUT2D eigenvalue weighted by Gasteiger charge is 2.45. The molecule has 0 spiro atoms. The van der Waals surface area contributed by atoms with E-state index in [0.29, 0.717) is 29.2 Å². The third kappa shape index (κ3) is 10.3. The molecule has 0 saturated heterocycles. The van der Waals surface area contributed by atoms with Crippen LogP contribution < -0.4 is 31.3 Å². The quantitative estimate of drug-likeness (QED) is 0.0950. The van der Waals surface area contributed by atoms with E-state index in [2.05, 4.69) is 41.5 Å². The molecule has 14 nitrogen and oxygen atoms in total. The summed E-state index contributed by atoms with van der Waals surface area (Å²) in [5.74, 6) is -3.79. The Bertz CT molecular complexity index is 1940. The van der Waals surface area contributed by atoms with Crippen LogP contribution in [0.15, 0.2) is 72.8 Å². The number of halogens is 4. The topological polar surface area (TPSA) is 186 Å². The number of nitrogens with zero attached hydrogens (tertiary/aromatic N) is 3. The summed E-state index contributed by atoms with van der Waals surface area (Å²) in [5.41, 5.74) is 2.03. The SMILES string of the molecule is COC(=O)[C@H](CNC(=O)C(=O)Nc1cccc(C)c1)NC(=O)c1ccc(Nc2nc(NC3(c4ccc(Cl)cc4)CC3)nc(OCC(F)(F)F)n2)cc1. The maximum atomic E-state index is 13.0. The fourth-order valence-electron chi connectivity index (χ4n) is 4.87. The van der Waals surface area contributed by atoms with Gasteiger partial charge in [-0.3, -0.25) is 14.4 Å². The second-order valence-electron chi connectivity index (χ2n) is 11.7. The number of anilines is 4. The van der Waals surface area contributed by atoms with E-state index in [1.165, 1.54) is 24.3 Å². The molecule has 1 atom stereocenters. The fourth-order valence-corrected chi connectivity index (χ4v) is 5.00. The molecule has 3 amide bonds. The zero-order chi connectivity index (χ0) is 37.5. The summed E-state index contributed by atoms with van der Waals surface area (Å²) in [5, 5.41) is 13.8. The van der Waals surface area contributed by atoms with Crippen molar-refractivity contribution in [2.45, 2.75) is 37.5 Å². The Kier molecular flexibility index (Phi) is 11.4. The average molecular weight is 741 g/mol. The zero-order valence-electron chi connectivity index (χ0n) is 27.6. The largest absolute Gasteiger partial charge is 0.467 e. The first-order chi connectivity index (χ1) is 24.7. The number of rotatable bonds is 13. The molecule has 272 valence electrons. The molecule has 5 rings (SSSR count). The van der Waals surface area contributed by atoms with Crippen molar-refractivity contribution in [2.75, 3.05) is 36.2 Å². The number of hydrogen-bond acceptors (Lipinski definition) is 11. The molecule has 1 saturated carbocycles. The maximum Gasteiger partial charge on any atom is 0.422 e. The molecule has 1 aliphatic carbocycles. The van der Waals surface area contributed by atoms with Gasteiger partial charge in [0.1, 0.15) is 6.04 Å². The first-order valence-electron chi connectivity index (χ1n) is 15.6. The number of ether oxygens (including phenoxy) is 2. The Hall–Kier alpha value is -5.97. The van der Waals surface area contributed by atoms with Crippen LogP contribution in [0.25, 0.3) is 0 Å². The Balaban J connectivity index is 1.24.